The van der Waals surface area contributed by atoms with Crippen LogP contribution in [-0.4, -0.2) is 33.2 Å². The molecule has 2 aliphatic carbocycles. The molecule has 0 atom stereocenters. The Hall–Kier alpha value is -2.24. The Kier molecular flexibility index (Phi) is 5.26. The molecule has 0 aliphatic heterocycles. The fraction of sp³-hybridized carbons (Fsp3) is 0.600. The number of aliphatic hydroxyl groups excluding tert-OH is 2. The molecule has 2 fully saturated rings. The van der Waals surface area contributed by atoms with Gasteiger partial charge in [-0.1, -0.05) is 27.7 Å². The Morgan fingerprint density at radius 3 is 1.35 bits per heavy atom. The molecule has 0 saturated heterocycles. The average molecular weight is 360 g/mol. The Balaban J connectivity index is 2.17. The van der Waals surface area contributed by atoms with Crippen LogP contribution in [0.15, 0.2) is 22.7 Å². The highest BCUT2D eigenvalue weighted by Gasteiger charge is 2.37. The maximum absolute atomic E-state index is 12.3. The fourth-order valence-electron chi connectivity index (χ4n) is 3.80. The minimum atomic E-state index is -0.293. The summed E-state index contributed by atoms with van der Waals surface area (Å²) < 4.78 is 0. The topological polar surface area (TPSA) is 122 Å². The van der Waals surface area contributed by atoms with Crippen LogP contribution in [0.2, 0.25) is 0 Å². The lowest BCUT2D eigenvalue weighted by Gasteiger charge is -2.31. The van der Waals surface area contributed by atoms with Crippen molar-refractivity contribution < 1.29 is 19.8 Å². The van der Waals surface area contributed by atoms with Crippen LogP contribution in [-0.2, 0) is 9.59 Å². The molecule has 2 saturated carbocycles. The number of allylic oxidation sites excluding steroid dienone is 4. The van der Waals surface area contributed by atoms with E-state index in [4.69, 9.17) is 10.8 Å². The number of hydrogen-bond donors (Lipinski definition) is 4. The van der Waals surface area contributed by atoms with Gasteiger partial charge in [0.15, 0.2) is 11.6 Å². The molecular formula is C20H28N2O4. The fourth-order valence-corrected chi connectivity index (χ4v) is 3.80. The zero-order chi connectivity index (χ0) is 19.9. The van der Waals surface area contributed by atoms with Crippen LogP contribution in [0.5, 0.6) is 0 Å². The highest BCUT2D eigenvalue weighted by atomic mass is 16.3. The van der Waals surface area contributed by atoms with Gasteiger partial charge in [0.1, 0.15) is 11.5 Å². The minimum Gasteiger partial charge on any atom is -0.511 e. The summed E-state index contributed by atoms with van der Waals surface area (Å²) in [6.07, 6.45) is 1.26. The predicted octanol–water partition coefficient (Wildman–Crippen LogP) is 4.21. The molecule has 2 rings (SSSR count). The van der Waals surface area contributed by atoms with Gasteiger partial charge < -0.3 is 21.0 Å². The second-order valence-corrected chi connectivity index (χ2v) is 8.98. The first kappa shape index (κ1) is 20.1. The lowest BCUT2D eigenvalue weighted by molar-refractivity contribution is -0.118. The number of hydrogen-bond acceptors (Lipinski definition) is 6. The number of ketones is 2. The number of nitrogens with one attached hydrogen (secondary N) is 2. The summed E-state index contributed by atoms with van der Waals surface area (Å²) >= 11 is 0. The summed E-state index contributed by atoms with van der Waals surface area (Å²) in [5, 5.41) is 36.7. The van der Waals surface area contributed by atoms with Gasteiger partial charge in [-0.25, -0.2) is 0 Å². The summed E-state index contributed by atoms with van der Waals surface area (Å²) in [4.78, 5) is 24.5. The van der Waals surface area contributed by atoms with Crippen molar-refractivity contribution in [2.75, 3.05) is 0 Å². The summed E-state index contributed by atoms with van der Waals surface area (Å²) in [5.41, 5.74) is -0.295. The van der Waals surface area contributed by atoms with Crippen LogP contribution >= 0.6 is 0 Å². The van der Waals surface area contributed by atoms with Gasteiger partial charge in [0.2, 0.25) is 0 Å². The Bertz CT molecular complexity index is 646. The van der Waals surface area contributed by atoms with E-state index >= 15 is 0 Å². The summed E-state index contributed by atoms with van der Waals surface area (Å²) in [5.74, 6) is -0.978. The van der Waals surface area contributed by atoms with Gasteiger partial charge in [-0.15, -0.1) is 0 Å². The Labute approximate surface area is 154 Å². The first-order valence-electron chi connectivity index (χ1n) is 8.89. The summed E-state index contributed by atoms with van der Waals surface area (Å²) in [6, 6.07) is 0. The number of carbonyl (C=O) groups is 2. The van der Waals surface area contributed by atoms with Crippen LogP contribution in [0.4, 0.5) is 0 Å². The predicted molar refractivity (Wildman–Crippen MR) is 100 cm³/mol. The van der Waals surface area contributed by atoms with Crippen LogP contribution in [0.25, 0.3) is 0 Å². The van der Waals surface area contributed by atoms with E-state index in [2.05, 4.69) is 0 Å². The van der Waals surface area contributed by atoms with Gasteiger partial charge in [-0.3, -0.25) is 9.59 Å². The summed E-state index contributed by atoms with van der Waals surface area (Å²) in [7, 11) is 0. The second-order valence-electron chi connectivity index (χ2n) is 8.98. The van der Waals surface area contributed by atoms with Crippen molar-refractivity contribution in [1.82, 2.24) is 0 Å². The van der Waals surface area contributed by atoms with Crippen molar-refractivity contribution in [3.8, 4) is 0 Å². The van der Waals surface area contributed by atoms with Crippen molar-refractivity contribution in [3.63, 3.8) is 0 Å². The molecule has 0 unspecified atom stereocenters. The van der Waals surface area contributed by atoms with Gasteiger partial charge in [-0.05, 0) is 23.7 Å². The SMILES string of the molecule is CC1(C)CC(=N)/C(=C(\O)CC/C(O)=C2/C(=N)CC(C)(C)CC2=O)C(=O)C1. The van der Waals surface area contributed by atoms with Gasteiger partial charge in [0.25, 0.3) is 0 Å². The number of rotatable bonds is 3. The van der Waals surface area contributed by atoms with Crippen molar-refractivity contribution in [1.29, 1.82) is 10.8 Å². The number of aliphatic hydroxyl groups is 2. The van der Waals surface area contributed by atoms with Crippen molar-refractivity contribution in [3.05, 3.63) is 22.7 Å². The van der Waals surface area contributed by atoms with Gasteiger partial charge in [0.05, 0.1) is 11.1 Å². The molecule has 0 amide bonds. The standard InChI is InChI=1S/C20H28N2O4/c1-19(2)7-11(21)17(15(25)9-19)13(23)5-6-14(24)18-12(22)8-20(3,4)10-16(18)26/h21-24H,5-10H2,1-4H3/b17-13+,18-14+,21-11?,22-12?. The van der Waals surface area contributed by atoms with Crippen LogP contribution in [0.1, 0.15) is 66.2 Å². The number of Topliss-reactive ketones (excluding diaryl/α,β-unsaturated/α-hetero) is 2. The smallest absolute Gasteiger partial charge is 0.168 e. The average Bonchev–Trinajstić information content (AvgIpc) is 2.40. The van der Waals surface area contributed by atoms with Gasteiger partial charge in [-0.2, -0.15) is 0 Å². The molecule has 0 heterocycles. The van der Waals surface area contributed by atoms with Crippen LogP contribution in [0, 0.1) is 21.6 Å². The molecule has 0 aromatic heterocycles. The molecule has 26 heavy (non-hydrogen) atoms. The lowest BCUT2D eigenvalue weighted by Crippen LogP contribution is -2.32. The molecule has 0 radical (unpaired) electrons. The van der Waals surface area contributed by atoms with Crippen LogP contribution < -0.4 is 0 Å². The molecule has 0 bridgehead atoms. The zero-order valence-electron chi connectivity index (χ0n) is 16.0. The number of carbonyl (C=O) groups excluding carboxylic acids is 2. The van der Waals surface area contributed by atoms with E-state index in [-0.39, 0.29) is 82.2 Å². The molecule has 0 spiro atoms. The molecule has 0 aromatic carbocycles. The van der Waals surface area contributed by atoms with Crippen molar-refractivity contribution in [2.45, 2.75) is 66.2 Å². The minimum absolute atomic E-state index is 0.0355. The molecule has 4 N–H and O–H groups in total. The normalized spacial score (nSPS) is 26.8. The molecule has 0 aromatic rings. The maximum Gasteiger partial charge on any atom is 0.168 e. The third-order valence-electron chi connectivity index (χ3n) is 4.93. The third-order valence-corrected chi connectivity index (χ3v) is 4.93. The van der Waals surface area contributed by atoms with E-state index in [0.717, 1.165) is 0 Å². The first-order valence-corrected chi connectivity index (χ1v) is 8.89. The van der Waals surface area contributed by atoms with Crippen LogP contribution in [0.3, 0.4) is 0 Å². The highest BCUT2D eigenvalue weighted by Crippen LogP contribution is 2.37. The molecule has 6 nitrogen and oxygen atoms in total. The van der Waals surface area contributed by atoms with E-state index in [1.54, 1.807) is 0 Å². The largest absolute Gasteiger partial charge is 0.511 e. The van der Waals surface area contributed by atoms with Crippen molar-refractivity contribution >= 4 is 23.0 Å². The second kappa shape index (κ2) is 6.82. The first-order chi connectivity index (χ1) is 11.8. The molecule has 142 valence electrons. The van der Waals surface area contributed by atoms with E-state index in [1.807, 2.05) is 27.7 Å². The molecule has 2 aliphatic rings. The van der Waals surface area contributed by atoms with E-state index < -0.39 is 0 Å². The lowest BCUT2D eigenvalue weighted by atomic mass is 9.72. The molecular weight excluding hydrogens is 332 g/mol. The molecule has 6 heteroatoms. The van der Waals surface area contributed by atoms with Gasteiger partial charge >= 0.3 is 0 Å². The van der Waals surface area contributed by atoms with E-state index in [1.165, 1.54) is 0 Å². The Morgan fingerprint density at radius 1 is 0.769 bits per heavy atom. The monoisotopic (exact) mass is 360 g/mol. The van der Waals surface area contributed by atoms with Crippen molar-refractivity contribution in [2.24, 2.45) is 10.8 Å². The Morgan fingerprint density at radius 2 is 1.08 bits per heavy atom. The third kappa shape index (κ3) is 4.29. The van der Waals surface area contributed by atoms with E-state index in [0.29, 0.717) is 12.8 Å². The summed E-state index contributed by atoms with van der Waals surface area (Å²) in [6.45, 7) is 7.63. The maximum atomic E-state index is 12.3. The van der Waals surface area contributed by atoms with Gasteiger partial charge in [0, 0.05) is 37.1 Å². The van der Waals surface area contributed by atoms with E-state index in [9.17, 15) is 19.8 Å². The quantitative estimate of drug-likeness (QED) is 0.445. The highest BCUT2D eigenvalue weighted by molar-refractivity contribution is 6.24. The zero-order valence-corrected chi connectivity index (χ0v) is 16.0.